The van der Waals surface area contributed by atoms with E-state index >= 15 is 0 Å². The maximum atomic E-state index is 12.6. The number of nitrogens with zero attached hydrogens (tertiary/aromatic N) is 2. The van der Waals surface area contributed by atoms with E-state index in [0.29, 0.717) is 22.2 Å². The van der Waals surface area contributed by atoms with Gasteiger partial charge in [-0.05, 0) is 65.7 Å². The molecular weight excluding hydrogens is 524 g/mol. The van der Waals surface area contributed by atoms with Gasteiger partial charge in [0.1, 0.15) is 11.3 Å². The van der Waals surface area contributed by atoms with Crippen molar-refractivity contribution >= 4 is 46.6 Å². The highest BCUT2D eigenvalue weighted by atomic mass is 32.2. The second kappa shape index (κ2) is 12.8. The fourth-order valence-corrected chi connectivity index (χ4v) is 4.78. The zero-order valence-electron chi connectivity index (χ0n) is 21.7. The topological polar surface area (TPSA) is 106 Å². The number of hydrazone groups is 1. The molecule has 0 spiro atoms. The second-order valence-corrected chi connectivity index (χ2v) is 9.72. The van der Waals surface area contributed by atoms with E-state index < -0.39 is 0 Å². The lowest BCUT2D eigenvalue weighted by molar-refractivity contribution is -0.115. The summed E-state index contributed by atoms with van der Waals surface area (Å²) < 4.78 is 11.3. The maximum Gasteiger partial charge on any atom is 0.271 e. The first-order valence-electron chi connectivity index (χ1n) is 12.5. The number of carbonyl (C=O) groups is 2. The van der Waals surface area contributed by atoms with Crippen molar-refractivity contribution in [3.05, 3.63) is 119 Å². The predicted octanol–water partition coefficient (Wildman–Crippen LogP) is 6.07. The maximum absolute atomic E-state index is 12.6. The second-order valence-electron chi connectivity index (χ2n) is 8.79. The van der Waals surface area contributed by atoms with E-state index in [1.54, 1.807) is 37.6 Å². The zero-order chi connectivity index (χ0) is 27.7. The molecule has 0 unspecified atom stereocenters. The number of hydrogen-bond donors (Lipinski definition) is 2. The summed E-state index contributed by atoms with van der Waals surface area (Å²) in [7, 11) is 1.62. The molecule has 0 radical (unpaired) electrons. The Bertz CT molecular complexity index is 1620. The van der Waals surface area contributed by atoms with Crippen LogP contribution in [0, 0.1) is 0 Å². The van der Waals surface area contributed by atoms with Crippen LogP contribution >= 0.6 is 11.8 Å². The van der Waals surface area contributed by atoms with E-state index in [1.165, 1.54) is 11.8 Å². The van der Waals surface area contributed by atoms with E-state index in [0.717, 1.165) is 33.5 Å². The van der Waals surface area contributed by atoms with Gasteiger partial charge >= 0.3 is 0 Å². The first-order valence-corrected chi connectivity index (χ1v) is 13.5. The van der Waals surface area contributed by atoms with Crippen LogP contribution in [-0.4, -0.2) is 30.1 Å². The van der Waals surface area contributed by atoms with Gasteiger partial charge in [-0.15, -0.1) is 0 Å². The Labute approximate surface area is 235 Å². The Morgan fingerprint density at radius 1 is 0.975 bits per heavy atom. The van der Waals surface area contributed by atoms with Crippen LogP contribution in [0.2, 0.25) is 0 Å². The molecule has 2 amide bonds. The number of thioether (sulfide) groups is 1. The predicted molar refractivity (Wildman–Crippen MR) is 157 cm³/mol. The molecule has 0 bridgehead atoms. The van der Waals surface area contributed by atoms with Gasteiger partial charge in [-0.2, -0.15) is 5.10 Å². The summed E-state index contributed by atoms with van der Waals surface area (Å²) in [5.74, 6) is 0.830. The number of oxazole rings is 1. The molecule has 8 nitrogen and oxygen atoms in total. The number of hydrogen-bond acceptors (Lipinski definition) is 7. The highest BCUT2D eigenvalue weighted by molar-refractivity contribution is 7.98. The number of rotatable bonds is 10. The Morgan fingerprint density at radius 2 is 1.75 bits per heavy atom. The molecule has 1 aromatic heterocycles. The van der Waals surface area contributed by atoms with Gasteiger partial charge in [0.2, 0.25) is 5.91 Å². The first-order chi connectivity index (χ1) is 19.6. The molecule has 0 fully saturated rings. The van der Waals surface area contributed by atoms with Crippen molar-refractivity contribution in [2.24, 2.45) is 5.10 Å². The number of aromatic nitrogens is 1. The number of carbonyl (C=O) groups excluding carboxylic acids is 2. The van der Waals surface area contributed by atoms with Gasteiger partial charge in [-0.1, -0.05) is 54.2 Å². The zero-order valence-corrected chi connectivity index (χ0v) is 22.5. The monoisotopic (exact) mass is 550 g/mol. The van der Waals surface area contributed by atoms with Crippen molar-refractivity contribution < 1.29 is 18.7 Å². The van der Waals surface area contributed by atoms with Crippen molar-refractivity contribution in [1.29, 1.82) is 0 Å². The van der Waals surface area contributed by atoms with Crippen LogP contribution in [0.5, 0.6) is 5.75 Å². The largest absolute Gasteiger partial charge is 0.496 e. The van der Waals surface area contributed by atoms with Crippen LogP contribution in [0.15, 0.2) is 112 Å². The van der Waals surface area contributed by atoms with Gasteiger partial charge < -0.3 is 14.5 Å². The summed E-state index contributed by atoms with van der Waals surface area (Å²) in [4.78, 5) is 29.3. The van der Waals surface area contributed by atoms with E-state index in [-0.39, 0.29) is 18.2 Å². The Morgan fingerprint density at radius 3 is 2.52 bits per heavy atom. The molecule has 40 heavy (non-hydrogen) atoms. The van der Waals surface area contributed by atoms with Gasteiger partial charge in [0, 0.05) is 22.6 Å². The number of anilines is 1. The van der Waals surface area contributed by atoms with Crippen LogP contribution in [0.3, 0.4) is 0 Å². The third-order valence-corrected chi connectivity index (χ3v) is 6.82. The Balaban J connectivity index is 1.15. The molecule has 9 heteroatoms. The summed E-state index contributed by atoms with van der Waals surface area (Å²) in [5.41, 5.74) is 7.81. The number of para-hydroxylation sites is 2. The quantitative estimate of drug-likeness (QED) is 0.124. The Kier molecular flexibility index (Phi) is 8.53. The molecule has 2 N–H and O–H groups in total. The summed E-state index contributed by atoms with van der Waals surface area (Å²) >= 11 is 1.47. The molecule has 200 valence electrons. The standard InChI is InChI=1S/C31H26N4O4S/c1-38-27-16-11-22(17-24(27)20-40-31-34-26-9-5-6-10-28(26)39-31)19-32-35-30(37)23-12-14-25(15-13-23)33-29(36)18-21-7-3-2-4-8-21/h2-17,19H,18,20H2,1H3,(H,33,36)(H,35,37). The minimum Gasteiger partial charge on any atom is -0.496 e. The van der Waals surface area contributed by atoms with E-state index in [4.69, 9.17) is 9.15 Å². The van der Waals surface area contributed by atoms with Gasteiger partial charge in [0.05, 0.1) is 19.7 Å². The number of benzene rings is 4. The molecule has 5 rings (SSSR count). The highest BCUT2D eigenvalue weighted by Crippen LogP contribution is 2.30. The van der Waals surface area contributed by atoms with Crippen molar-refractivity contribution in [3.8, 4) is 5.75 Å². The lowest BCUT2D eigenvalue weighted by Crippen LogP contribution is -2.18. The van der Waals surface area contributed by atoms with E-state index in [9.17, 15) is 9.59 Å². The fourth-order valence-electron chi connectivity index (χ4n) is 3.97. The summed E-state index contributed by atoms with van der Waals surface area (Å²) in [5, 5.41) is 7.53. The van der Waals surface area contributed by atoms with Crippen molar-refractivity contribution in [3.63, 3.8) is 0 Å². The normalized spacial score (nSPS) is 11.0. The van der Waals surface area contributed by atoms with Gasteiger partial charge in [-0.3, -0.25) is 9.59 Å². The molecule has 4 aromatic carbocycles. The molecule has 0 aliphatic heterocycles. The van der Waals surface area contributed by atoms with Gasteiger partial charge in [0.25, 0.3) is 11.1 Å². The van der Waals surface area contributed by atoms with E-state index in [2.05, 4.69) is 20.8 Å². The van der Waals surface area contributed by atoms with Crippen LogP contribution in [0.1, 0.15) is 27.0 Å². The Hall–Kier alpha value is -4.89. The molecular formula is C31H26N4O4S. The molecule has 0 saturated heterocycles. The summed E-state index contributed by atoms with van der Waals surface area (Å²) in [6.07, 6.45) is 1.85. The van der Waals surface area contributed by atoms with Crippen LogP contribution < -0.4 is 15.5 Å². The average molecular weight is 551 g/mol. The average Bonchev–Trinajstić information content (AvgIpc) is 3.40. The number of ether oxygens (including phenoxy) is 1. The highest BCUT2D eigenvalue weighted by Gasteiger charge is 2.10. The van der Waals surface area contributed by atoms with Gasteiger partial charge in [0.15, 0.2) is 5.58 Å². The number of nitrogens with one attached hydrogen (secondary N) is 2. The van der Waals surface area contributed by atoms with Crippen molar-refractivity contribution in [2.75, 3.05) is 12.4 Å². The number of amides is 2. The van der Waals surface area contributed by atoms with Crippen molar-refractivity contribution in [2.45, 2.75) is 17.4 Å². The van der Waals surface area contributed by atoms with Crippen molar-refractivity contribution in [1.82, 2.24) is 10.4 Å². The van der Waals surface area contributed by atoms with Crippen LogP contribution in [0.25, 0.3) is 11.1 Å². The molecule has 0 saturated carbocycles. The number of methoxy groups -OCH3 is 1. The lowest BCUT2D eigenvalue weighted by Gasteiger charge is -2.08. The third kappa shape index (κ3) is 6.95. The van der Waals surface area contributed by atoms with Crippen LogP contribution in [-0.2, 0) is 17.0 Å². The molecule has 0 aliphatic rings. The minimum absolute atomic E-state index is 0.126. The molecule has 5 aromatic rings. The first kappa shape index (κ1) is 26.7. The van der Waals surface area contributed by atoms with E-state index in [1.807, 2.05) is 72.8 Å². The third-order valence-electron chi connectivity index (χ3n) is 5.95. The number of fused-ring (bicyclic) bond motifs is 1. The summed E-state index contributed by atoms with van der Waals surface area (Å²) in [6, 6.07) is 29.4. The molecule has 1 heterocycles. The van der Waals surface area contributed by atoms with Crippen LogP contribution in [0.4, 0.5) is 5.69 Å². The SMILES string of the molecule is COc1ccc(C=NNC(=O)c2ccc(NC(=O)Cc3ccccc3)cc2)cc1CSc1nc2ccccc2o1. The smallest absolute Gasteiger partial charge is 0.271 e. The lowest BCUT2D eigenvalue weighted by atomic mass is 10.1. The van der Waals surface area contributed by atoms with Gasteiger partial charge in [-0.25, -0.2) is 10.4 Å². The fraction of sp³-hybridized carbons (Fsp3) is 0.0968. The summed E-state index contributed by atoms with van der Waals surface area (Å²) in [6.45, 7) is 0. The molecule has 0 atom stereocenters. The minimum atomic E-state index is -0.362. The molecule has 0 aliphatic carbocycles.